The number of aliphatic hydroxyl groups is 2. The first-order valence-corrected chi connectivity index (χ1v) is 32.4. The SMILES string of the molecule is CCCCCCCCCCCCCCCCCCCCCCCCCCCCCC/C=C/C(O)C(CO)NC(=O)CCCCCCCCCCCCCCCCCCCCCCCCCCCCC. The van der Waals surface area contributed by atoms with Gasteiger partial charge in [-0.1, -0.05) is 366 Å². The molecule has 0 aliphatic rings. The van der Waals surface area contributed by atoms with E-state index in [1.807, 2.05) is 6.08 Å². The minimum Gasteiger partial charge on any atom is -0.394 e. The standard InChI is InChI=1S/C65H129NO3/c1-3-5-7-9-11-13-15-17-19-21-23-25-27-29-31-32-33-35-36-38-40-42-44-46-48-50-52-54-56-58-60-64(68)63(62-67)66-65(69)61-59-57-55-53-51-49-47-45-43-41-39-37-34-30-28-26-24-22-20-18-16-14-12-10-8-6-4-2/h58,60,63-64,67-68H,3-57,59,61-62H2,1-2H3,(H,66,69)/b60-58+. The number of amides is 1. The number of carbonyl (C=O) groups is 1. The third kappa shape index (κ3) is 57.9. The Labute approximate surface area is 435 Å². The molecule has 0 aromatic carbocycles. The van der Waals surface area contributed by atoms with Gasteiger partial charge in [0.15, 0.2) is 0 Å². The molecule has 3 N–H and O–H groups in total. The average Bonchev–Trinajstić information content (AvgIpc) is 3.35. The molecule has 0 saturated carbocycles. The number of carbonyl (C=O) groups excluding carboxylic acids is 1. The van der Waals surface area contributed by atoms with Crippen LogP contribution in [0.5, 0.6) is 0 Å². The van der Waals surface area contributed by atoms with Crippen LogP contribution >= 0.6 is 0 Å². The molecule has 2 unspecified atom stereocenters. The fourth-order valence-electron chi connectivity index (χ4n) is 10.6. The van der Waals surface area contributed by atoms with Crippen molar-refractivity contribution in [2.45, 2.75) is 392 Å². The van der Waals surface area contributed by atoms with Crippen molar-refractivity contribution in [1.82, 2.24) is 5.32 Å². The monoisotopic (exact) mass is 972 g/mol. The van der Waals surface area contributed by atoms with Gasteiger partial charge < -0.3 is 15.5 Å². The highest BCUT2D eigenvalue weighted by Crippen LogP contribution is 2.19. The lowest BCUT2D eigenvalue weighted by atomic mass is 10.0. The van der Waals surface area contributed by atoms with Crippen molar-refractivity contribution in [2.24, 2.45) is 0 Å². The Balaban J connectivity index is 3.41. The molecule has 0 rings (SSSR count). The maximum absolute atomic E-state index is 12.5. The Hall–Kier alpha value is -0.870. The fourth-order valence-corrected chi connectivity index (χ4v) is 10.6. The van der Waals surface area contributed by atoms with Crippen LogP contribution in [0.4, 0.5) is 0 Å². The van der Waals surface area contributed by atoms with Crippen LogP contribution in [0.1, 0.15) is 380 Å². The number of rotatable bonds is 61. The molecular formula is C65H129NO3. The van der Waals surface area contributed by atoms with Gasteiger partial charge in [0.2, 0.25) is 5.91 Å². The zero-order valence-electron chi connectivity index (χ0n) is 47.6. The summed E-state index contributed by atoms with van der Waals surface area (Å²) in [6, 6.07) is -0.619. The minimum atomic E-state index is -0.837. The Kier molecular flexibility index (Phi) is 60.7. The summed E-state index contributed by atoms with van der Waals surface area (Å²) in [4.78, 5) is 12.5. The van der Waals surface area contributed by atoms with E-state index in [4.69, 9.17) is 0 Å². The van der Waals surface area contributed by atoms with Gasteiger partial charge in [0, 0.05) is 6.42 Å². The molecule has 2 atom stereocenters. The molecule has 4 heteroatoms. The molecule has 0 aromatic heterocycles. The summed E-state index contributed by atoms with van der Waals surface area (Å²) < 4.78 is 0. The molecule has 69 heavy (non-hydrogen) atoms. The Morgan fingerprint density at radius 1 is 0.333 bits per heavy atom. The molecule has 0 bridgehead atoms. The highest BCUT2D eigenvalue weighted by molar-refractivity contribution is 5.76. The van der Waals surface area contributed by atoms with Gasteiger partial charge in [0.1, 0.15) is 0 Å². The van der Waals surface area contributed by atoms with Crippen LogP contribution in [0.25, 0.3) is 0 Å². The van der Waals surface area contributed by atoms with Crippen molar-refractivity contribution in [1.29, 1.82) is 0 Å². The lowest BCUT2D eigenvalue weighted by Gasteiger charge is -2.20. The van der Waals surface area contributed by atoms with Gasteiger partial charge in [-0.25, -0.2) is 0 Å². The molecule has 0 fully saturated rings. The normalized spacial score (nSPS) is 12.7. The van der Waals surface area contributed by atoms with Crippen LogP contribution < -0.4 is 5.32 Å². The molecular weight excluding hydrogens is 843 g/mol. The van der Waals surface area contributed by atoms with E-state index in [1.54, 1.807) is 6.08 Å². The lowest BCUT2D eigenvalue weighted by molar-refractivity contribution is -0.123. The van der Waals surface area contributed by atoms with Gasteiger partial charge in [-0.15, -0.1) is 0 Å². The number of hydrogen-bond acceptors (Lipinski definition) is 3. The number of unbranched alkanes of at least 4 members (excludes halogenated alkanes) is 54. The summed E-state index contributed by atoms with van der Waals surface area (Å²) in [7, 11) is 0. The van der Waals surface area contributed by atoms with E-state index >= 15 is 0 Å². The van der Waals surface area contributed by atoms with Crippen molar-refractivity contribution >= 4 is 5.91 Å². The maximum atomic E-state index is 12.5. The molecule has 0 aliphatic heterocycles. The number of aliphatic hydroxyl groups excluding tert-OH is 2. The van der Waals surface area contributed by atoms with E-state index in [2.05, 4.69) is 19.2 Å². The van der Waals surface area contributed by atoms with E-state index in [1.165, 1.54) is 334 Å². The van der Waals surface area contributed by atoms with Gasteiger partial charge in [-0.05, 0) is 19.3 Å². The number of allylic oxidation sites excluding steroid dienone is 1. The van der Waals surface area contributed by atoms with Crippen molar-refractivity contribution in [3.63, 3.8) is 0 Å². The quantitative estimate of drug-likeness (QED) is 0.0420. The van der Waals surface area contributed by atoms with E-state index in [9.17, 15) is 15.0 Å². The molecule has 0 heterocycles. The first-order chi connectivity index (χ1) is 34.2. The van der Waals surface area contributed by atoms with Crippen molar-refractivity contribution in [3.8, 4) is 0 Å². The van der Waals surface area contributed by atoms with Gasteiger partial charge in [0.05, 0.1) is 18.8 Å². The average molecular weight is 973 g/mol. The third-order valence-electron chi connectivity index (χ3n) is 15.5. The Morgan fingerprint density at radius 3 is 0.754 bits per heavy atom. The zero-order chi connectivity index (χ0) is 49.9. The molecule has 4 nitrogen and oxygen atoms in total. The van der Waals surface area contributed by atoms with Crippen LogP contribution in [-0.4, -0.2) is 34.9 Å². The molecule has 412 valence electrons. The van der Waals surface area contributed by atoms with E-state index < -0.39 is 12.1 Å². The van der Waals surface area contributed by atoms with Gasteiger partial charge >= 0.3 is 0 Å². The fraction of sp³-hybridized carbons (Fsp3) is 0.954. The van der Waals surface area contributed by atoms with Crippen molar-refractivity contribution in [2.75, 3.05) is 6.61 Å². The van der Waals surface area contributed by atoms with Crippen LogP contribution in [0.3, 0.4) is 0 Å². The summed E-state index contributed by atoms with van der Waals surface area (Å²) in [5.74, 6) is -0.0539. The molecule has 0 radical (unpaired) electrons. The first-order valence-electron chi connectivity index (χ1n) is 32.4. The molecule has 0 aromatic rings. The van der Waals surface area contributed by atoms with Crippen molar-refractivity contribution in [3.05, 3.63) is 12.2 Å². The third-order valence-corrected chi connectivity index (χ3v) is 15.5. The largest absolute Gasteiger partial charge is 0.394 e. The number of nitrogens with one attached hydrogen (secondary N) is 1. The van der Waals surface area contributed by atoms with Crippen LogP contribution in [0.15, 0.2) is 12.2 Å². The van der Waals surface area contributed by atoms with Crippen molar-refractivity contribution < 1.29 is 15.0 Å². The predicted octanol–water partition coefficient (Wildman–Crippen LogP) is 21.7. The smallest absolute Gasteiger partial charge is 0.220 e. The number of hydrogen-bond donors (Lipinski definition) is 3. The zero-order valence-corrected chi connectivity index (χ0v) is 47.6. The first kappa shape index (κ1) is 68.1. The predicted molar refractivity (Wildman–Crippen MR) is 309 cm³/mol. The molecule has 0 spiro atoms. The minimum absolute atomic E-state index is 0.0539. The maximum Gasteiger partial charge on any atom is 0.220 e. The van der Waals surface area contributed by atoms with Gasteiger partial charge in [-0.2, -0.15) is 0 Å². The molecule has 1 amide bonds. The van der Waals surface area contributed by atoms with E-state index in [0.29, 0.717) is 6.42 Å². The Bertz CT molecular complexity index is 967. The van der Waals surface area contributed by atoms with Gasteiger partial charge in [-0.3, -0.25) is 4.79 Å². The Morgan fingerprint density at radius 2 is 0.536 bits per heavy atom. The topological polar surface area (TPSA) is 69.6 Å². The van der Waals surface area contributed by atoms with Gasteiger partial charge in [0.25, 0.3) is 0 Å². The second kappa shape index (κ2) is 61.4. The summed E-state index contributed by atoms with van der Waals surface area (Å²) in [6.07, 6.45) is 81.4. The second-order valence-electron chi connectivity index (χ2n) is 22.6. The summed E-state index contributed by atoms with van der Waals surface area (Å²) in [6.45, 7) is 4.36. The molecule has 0 saturated heterocycles. The van der Waals surface area contributed by atoms with Crippen LogP contribution in [0, 0.1) is 0 Å². The molecule has 0 aliphatic carbocycles. The lowest BCUT2D eigenvalue weighted by Crippen LogP contribution is -2.45. The van der Waals surface area contributed by atoms with Crippen LogP contribution in [0.2, 0.25) is 0 Å². The highest BCUT2D eigenvalue weighted by atomic mass is 16.3. The summed E-state index contributed by atoms with van der Waals surface area (Å²) >= 11 is 0. The van der Waals surface area contributed by atoms with E-state index in [-0.39, 0.29) is 12.5 Å². The van der Waals surface area contributed by atoms with Crippen LogP contribution in [-0.2, 0) is 4.79 Å². The second-order valence-corrected chi connectivity index (χ2v) is 22.6. The highest BCUT2D eigenvalue weighted by Gasteiger charge is 2.18. The van der Waals surface area contributed by atoms with E-state index in [0.717, 1.165) is 25.7 Å². The summed E-state index contributed by atoms with van der Waals surface area (Å²) in [5, 5.41) is 23.3. The summed E-state index contributed by atoms with van der Waals surface area (Å²) in [5.41, 5.74) is 0.